The van der Waals surface area contributed by atoms with Crippen molar-refractivity contribution in [3.63, 3.8) is 0 Å². The maximum absolute atomic E-state index is 13.7. The van der Waals surface area contributed by atoms with Crippen LogP contribution in [0.15, 0.2) is 24.3 Å². The number of rotatable bonds is 4. The highest BCUT2D eigenvalue weighted by molar-refractivity contribution is 5.98. The van der Waals surface area contributed by atoms with Gasteiger partial charge in [0.25, 0.3) is 11.8 Å². The molecule has 1 aromatic carbocycles. The van der Waals surface area contributed by atoms with Crippen molar-refractivity contribution in [1.29, 1.82) is 0 Å². The van der Waals surface area contributed by atoms with Gasteiger partial charge in [-0.15, -0.1) is 0 Å². The molecule has 0 radical (unpaired) electrons. The Morgan fingerprint density at radius 1 is 1.21 bits per heavy atom. The second-order valence-electron chi connectivity index (χ2n) is 8.72. The van der Waals surface area contributed by atoms with Crippen LogP contribution in [0.5, 0.6) is 0 Å². The molecule has 0 aliphatic carbocycles. The molecule has 2 aliphatic heterocycles. The van der Waals surface area contributed by atoms with Crippen LogP contribution in [0, 0.1) is 0 Å². The number of piperidine rings is 2. The number of carbonyl (C=O) groups is 1. The van der Waals surface area contributed by atoms with E-state index in [1.54, 1.807) is 6.07 Å². The van der Waals surface area contributed by atoms with Crippen LogP contribution >= 0.6 is 0 Å². The summed E-state index contributed by atoms with van der Waals surface area (Å²) in [4.78, 5) is 19.5. The molecule has 5 nitrogen and oxygen atoms in total. The summed E-state index contributed by atoms with van der Waals surface area (Å²) in [7, 11) is 0. The molecular formula is C22H30F2N4O. The zero-order valence-corrected chi connectivity index (χ0v) is 17.2. The number of anilines is 1. The third-order valence-electron chi connectivity index (χ3n) is 6.16. The Bertz CT molecular complexity index is 871. The number of hydrogen-bond donors (Lipinski definition) is 2. The van der Waals surface area contributed by atoms with Crippen molar-refractivity contribution < 1.29 is 13.6 Å². The minimum absolute atomic E-state index is 0.144. The summed E-state index contributed by atoms with van der Waals surface area (Å²) >= 11 is 0. The monoisotopic (exact) mass is 404 g/mol. The van der Waals surface area contributed by atoms with E-state index in [1.807, 2.05) is 18.2 Å². The van der Waals surface area contributed by atoms with Crippen molar-refractivity contribution in [1.82, 2.24) is 14.8 Å². The van der Waals surface area contributed by atoms with Gasteiger partial charge >= 0.3 is 0 Å². The summed E-state index contributed by atoms with van der Waals surface area (Å²) in [5, 5.41) is 4.53. The van der Waals surface area contributed by atoms with Gasteiger partial charge in [0, 0.05) is 54.7 Å². The number of halogens is 2. The number of H-pyrrole nitrogens is 1. The summed E-state index contributed by atoms with van der Waals surface area (Å²) in [5.41, 5.74) is 2.25. The standard InChI is InChI=1S/C22H30F2N4O/c1-15(2)27-10-6-17(7-11-27)25-18-4-5-19-16(12-18)13-20(26-19)21(29)28-9-3-8-22(23,24)14-28/h4-5,12-13,15,17,25-26H,3,6-11,14H2,1-2H3. The number of nitrogens with one attached hydrogen (secondary N) is 2. The van der Waals surface area contributed by atoms with Crippen LogP contribution in [0.2, 0.25) is 0 Å². The summed E-state index contributed by atoms with van der Waals surface area (Å²) in [6.45, 7) is 6.55. The molecule has 3 heterocycles. The molecule has 1 amide bonds. The van der Waals surface area contributed by atoms with Gasteiger partial charge in [-0.05, 0) is 57.4 Å². The van der Waals surface area contributed by atoms with Crippen molar-refractivity contribution in [2.75, 3.05) is 31.5 Å². The lowest BCUT2D eigenvalue weighted by atomic mass is 10.0. The third-order valence-corrected chi connectivity index (χ3v) is 6.16. The Morgan fingerprint density at radius 3 is 2.66 bits per heavy atom. The minimum Gasteiger partial charge on any atom is -0.382 e. The van der Waals surface area contributed by atoms with Crippen LogP contribution in [0.3, 0.4) is 0 Å². The Morgan fingerprint density at radius 2 is 1.97 bits per heavy atom. The topological polar surface area (TPSA) is 51.4 Å². The van der Waals surface area contributed by atoms with Crippen LogP contribution in [0.4, 0.5) is 14.5 Å². The fourth-order valence-corrected chi connectivity index (χ4v) is 4.44. The summed E-state index contributed by atoms with van der Waals surface area (Å²) in [5.74, 6) is -3.14. The molecule has 0 bridgehead atoms. The van der Waals surface area contributed by atoms with Gasteiger partial charge in [0.05, 0.1) is 6.54 Å². The van der Waals surface area contributed by atoms with Crippen LogP contribution in [-0.2, 0) is 0 Å². The molecule has 0 unspecified atom stereocenters. The Hall–Kier alpha value is -2.15. The highest BCUT2D eigenvalue weighted by Gasteiger charge is 2.37. The first-order chi connectivity index (χ1) is 13.8. The van der Waals surface area contributed by atoms with Gasteiger partial charge in [-0.1, -0.05) is 0 Å². The number of benzene rings is 1. The molecular weight excluding hydrogens is 374 g/mol. The first-order valence-corrected chi connectivity index (χ1v) is 10.6. The third kappa shape index (κ3) is 4.55. The predicted molar refractivity (Wildman–Crippen MR) is 112 cm³/mol. The van der Waals surface area contributed by atoms with Crippen LogP contribution in [-0.4, -0.2) is 64.9 Å². The van der Waals surface area contributed by atoms with E-state index >= 15 is 0 Å². The Kier molecular flexibility index (Phi) is 5.51. The fourth-order valence-electron chi connectivity index (χ4n) is 4.44. The quantitative estimate of drug-likeness (QED) is 0.798. The van der Waals surface area contributed by atoms with Crippen LogP contribution in [0.1, 0.15) is 50.0 Å². The molecule has 2 fully saturated rings. The van der Waals surface area contributed by atoms with E-state index < -0.39 is 12.5 Å². The molecule has 1 aromatic heterocycles. The number of nitrogens with zero attached hydrogens (tertiary/aromatic N) is 2. The van der Waals surface area contributed by atoms with Gasteiger partial charge in [-0.2, -0.15) is 0 Å². The maximum atomic E-state index is 13.7. The predicted octanol–water partition coefficient (Wildman–Crippen LogP) is 4.32. The van der Waals surface area contributed by atoms with E-state index in [0.717, 1.165) is 42.5 Å². The summed E-state index contributed by atoms with van der Waals surface area (Å²) in [6, 6.07) is 8.79. The van der Waals surface area contributed by atoms with Gasteiger partial charge in [-0.3, -0.25) is 4.79 Å². The Balaban J connectivity index is 1.43. The summed E-state index contributed by atoms with van der Waals surface area (Å²) < 4.78 is 27.3. The highest BCUT2D eigenvalue weighted by atomic mass is 19.3. The average molecular weight is 405 g/mol. The van der Waals surface area contributed by atoms with E-state index in [1.165, 1.54) is 4.90 Å². The molecule has 7 heteroatoms. The molecule has 0 spiro atoms. The molecule has 29 heavy (non-hydrogen) atoms. The Labute approximate surface area is 170 Å². The molecule has 2 N–H and O–H groups in total. The average Bonchev–Trinajstić information content (AvgIpc) is 3.10. The first-order valence-electron chi connectivity index (χ1n) is 10.6. The number of aromatic nitrogens is 1. The molecule has 158 valence electrons. The lowest BCUT2D eigenvalue weighted by Gasteiger charge is -2.35. The number of alkyl halides is 2. The molecule has 2 saturated heterocycles. The number of likely N-dealkylation sites (tertiary alicyclic amines) is 2. The highest BCUT2D eigenvalue weighted by Crippen LogP contribution is 2.28. The van der Waals surface area contributed by atoms with Crippen molar-refractivity contribution >= 4 is 22.5 Å². The summed E-state index contributed by atoms with van der Waals surface area (Å²) in [6.07, 6.45) is 2.41. The van der Waals surface area contributed by atoms with E-state index in [-0.39, 0.29) is 12.3 Å². The lowest BCUT2D eigenvalue weighted by molar-refractivity contribution is -0.0561. The van der Waals surface area contributed by atoms with E-state index in [0.29, 0.717) is 30.7 Å². The number of fused-ring (bicyclic) bond motifs is 1. The smallest absolute Gasteiger partial charge is 0.270 e. The van der Waals surface area contributed by atoms with Gasteiger partial charge in [0.1, 0.15) is 5.69 Å². The second kappa shape index (κ2) is 7.94. The molecule has 4 rings (SSSR count). The number of hydrogen-bond acceptors (Lipinski definition) is 3. The van der Waals surface area contributed by atoms with Gasteiger partial charge in [-0.25, -0.2) is 8.78 Å². The van der Waals surface area contributed by atoms with Gasteiger partial charge in [0.2, 0.25) is 0 Å². The first kappa shape index (κ1) is 20.1. The zero-order chi connectivity index (χ0) is 20.6. The maximum Gasteiger partial charge on any atom is 0.270 e. The van der Waals surface area contributed by atoms with Crippen molar-refractivity contribution in [2.24, 2.45) is 0 Å². The zero-order valence-electron chi connectivity index (χ0n) is 17.2. The fraction of sp³-hybridized carbons (Fsp3) is 0.591. The van der Waals surface area contributed by atoms with Crippen LogP contribution in [0.25, 0.3) is 10.9 Å². The van der Waals surface area contributed by atoms with Crippen LogP contribution < -0.4 is 5.32 Å². The van der Waals surface area contributed by atoms with E-state index in [2.05, 4.69) is 29.0 Å². The van der Waals surface area contributed by atoms with Gasteiger partial charge in [0.15, 0.2) is 0 Å². The number of carbonyl (C=O) groups excluding carboxylic acids is 1. The minimum atomic E-state index is -2.79. The van der Waals surface area contributed by atoms with E-state index in [4.69, 9.17) is 0 Å². The normalized spacial score (nSPS) is 21.1. The number of amides is 1. The second-order valence-corrected chi connectivity index (χ2v) is 8.72. The molecule has 0 saturated carbocycles. The SMILES string of the molecule is CC(C)N1CCC(Nc2ccc3[nH]c(C(=O)N4CCCC(F)(F)C4)cc3c2)CC1. The van der Waals surface area contributed by atoms with Crippen molar-refractivity contribution in [3.8, 4) is 0 Å². The number of aromatic amines is 1. The largest absolute Gasteiger partial charge is 0.382 e. The van der Waals surface area contributed by atoms with E-state index in [9.17, 15) is 13.6 Å². The van der Waals surface area contributed by atoms with Crippen molar-refractivity contribution in [3.05, 3.63) is 30.0 Å². The molecule has 0 atom stereocenters. The van der Waals surface area contributed by atoms with Crippen molar-refractivity contribution in [2.45, 2.75) is 57.5 Å². The lowest BCUT2D eigenvalue weighted by Crippen LogP contribution is -2.45. The molecule has 2 aromatic rings. The molecule has 2 aliphatic rings. The van der Waals surface area contributed by atoms with Gasteiger partial charge < -0.3 is 20.1 Å².